The predicted octanol–water partition coefficient (Wildman–Crippen LogP) is 2.62. The Labute approximate surface area is 79.6 Å². The van der Waals surface area contributed by atoms with Crippen molar-refractivity contribution in [1.82, 2.24) is 0 Å². The van der Waals surface area contributed by atoms with Gasteiger partial charge in [-0.25, -0.2) is 0 Å². The highest BCUT2D eigenvalue weighted by Crippen LogP contribution is 2.39. The van der Waals surface area contributed by atoms with Crippen LogP contribution in [0.1, 0.15) is 33.1 Å². The summed E-state index contributed by atoms with van der Waals surface area (Å²) in [4.78, 5) is 11.4. The SMILES string of the molecule is C=C(C)C1(S)CCC(C)C(=O)C1. The monoisotopic (exact) mass is 184 g/mol. The number of ketones is 1. The van der Waals surface area contributed by atoms with Gasteiger partial charge in [-0.15, -0.1) is 0 Å². The van der Waals surface area contributed by atoms with Crippen LogP contribution in [0.5, 0.6) is 0 Å². The number of hydrogen-bond acceptors (Lipinski definition) is 2. The Balaban J connectivity index is 2.73. The first kappa shape index (κ1) is 9.85. The van der Waals surface area contributed by atoms with E-state index in [-0.39, 0.29) is 10.7 Å². The van der Waals surface area contributed by atoms with Crippen LogP contribution in [0, 0.1) is 5.92 Å². The van der Waals surface area contributed by atoms with E-state index in [0.29, 0.717) is 12.2 Å². The zero-order chi connectivity index (χ0) is 9.35. The Morgan fingerprint density at radius 3 is 2.75 bits per heavy atom. The maximum absolute atomic E-state index is 11.4. The molecule has 0 bridgehead atoms. The Kier molecular flexibility index (Phi) is 2.67. The van der Waals surface area contributed by atoms with E-state index in [0.717, 1.165) is 18.4 Å². The third-order valence-electron chi connectivity index (χ3n) is 2.80. The Bertz CT molecular complexity index is 222. The van der Waals surface area contributed by atoms with Crippen LogP contribution < -0.4 is 0 Å². The van der Waals surface area contributed by atoms with E-state index in [2.05, 4.69) is 19.2 Å². The molecule has 0 aromatic carbocycles. The first-order chi connectivity index (χ1) is 5.46. The molecular weight excluding hydrogens is 168 g/mol. The molecule has 0 radical (unpaired) electrons. The molecule has 0 aliphatic heterocycles. The summed E-state index contributed by atoms with van der Waals surface area (Å²) in [6.07, 6.45) is 2.50. The lowest BCUT2D eigenvalue weighted by Gasteiger charge is -2.34. The standard InChI is InChI=1S/C10H16OS/c1-7(2)10(12)5-4-8(3)9(11)6-10/h8,12H,1,4-6H2,2-3H3. The zero-order valence-corrected chi connectivity index (χ0v) is 8.66. The predicted molar refractivity (Wildman–Crippen MR) is 54.6 cm³/mol. The molecule has 2 heteroatoms. The summed E-state index contributed by atoms with van der Waals surface area (Å²) in [5, 5.41) is 0. The Morgan fingerprint density at radius 1 is 1.75 bits per heavy atom. The minimum absolute atomic E-state index is 0.219. The van der Waals surface area contributed by atoms with Gasteiger partial charge >= 0.3 is 0 Å². The molecule has 1 aliphatic rings. The lowest BCUT2D eigenvalue weighted by atomic mass is 9.78. The second-order valence-electron chi connectivity index (χ2n) is 3.89. The minimum atomic E-state index is -0.219. The van der Waals surface area contributed by atoms with E-state index in [4.69, 9.17) is 0 Å². The number of carbonyl (C=O) groups is 1. The van der Waals surface area contributed by atoms with Gasteiger partial charge in [0.15, 0.2) is 0 Å². The number of thiol groups is 1. The number of carbonyl (C=O) groups excluding carboxylic acids is 1. The lowest BCUT2D eigenvalue weighted by molar-refractivity contribution is -0.124. The molecule has 0 spiro atoms. The topological polar surface area (TPSA) is 17.1 Å². The van der Waals surface area contributed by atoms with Gasteiger partial charge in [-0.05, 0) is 19.8 Å². The van der Waals surface area contributed by atoms with Gasteiger partial charge in [0.1, 0.15) is 5.78 Å². The van der Waals surface area contributed by atoms with Crippen LogP contribution >= 0.6 is 12.6 Å². The van der Waals surface area contributed by atoms with Gasteiger partial charge in [0.25, 0.3) is 0 Å². The molecule has 0 N–H and O–H groups in total. The van der Waals surface area contributed by atoms with Crippen molar-refractivity contribution in [3.8, 4) is 0 Å². The summed E-state index contributed by atoms with van der Waals surface area (Å²) in [6.45, 7) is 7.83. The average molecular weight is 184 g/mol. The van der Waals surface area contributed by atoms with E-state index < -0.39 is 0 Å². The van der Waals surface area contributed by atoms with Crippen LogP contribution in [-0.2, 0) is 4.79 Å². The number of rotatable bonds is 1. The van der Waals surface area contributed by atoms with Gasteiger partial charge in [-0.2, -0.15) is 12.6 Å². The van der Waals surface area contributed by atoms with Crippen LogP contribution in [0.25, 0.3) is 0 Å². The fourth-order valence-electron chi connectivity index (χ4n) is 1.53. The van der Waals surface area contributed by atoms with Crippen molar-refractivity contribution < 1.29 is 4.79 Å². The van der Waals surface area contributed by atoms with Crippen molar-refractivity contribution in [1.29, 1.82) is 0 Å². The van der Waals surface area contributed by atoms with E-state index in [1.165, 1.54) is 0 Å². The molecule has 2 unspecified atom stereocenters. The molecule has 68 valence electrons. The second kappa shape index (κ2) is 3.25. The van der Waals surface area contributed by atoms with Crippen LogP contribution in [0.2, 0.25) is 0 Å². The lowest BCUT2D eigenvalue weighted by Crippen LogP contribution is -2.34. The van der Waals surface area contributed by atoms with Crippen molar-refractivity contribution in [3.05, 3.63) is 12.2 Å². The van der Waals surface area contributed by atoms with Crippen molar-refractivity contribution >= 4 is 18.4 Å². The molecule has 0 heterocycles. The number of Topliss-reactive ketones (excluding diaryl/α,β-unsaturated/α-hetero) is 1. The van der Waals surface area contributed by atoms with Gasteiger partial charge in [0, 0.05) is 17.1 Å². The normalized spacial score (nSPS) is 36.6. The highest BCUT2D eigenvalue weighted by molar-refractivity contribution is 7.82. The van der Waals surface area contributed by atoms with E-state index >= 15 is 0 Å². The highest BCUT2D eigenvalue weighted by atomic mass is 32.1. The third kappa shape index (κ3) is 1.74. The molecule has 0 aromatic rings. The summed E-state index contributed by atoms with van der Waals surface area (Å²) in [5.74, 6) is 0.559. The molecule has 1 saturated carbocycles. The molecule has 2 atom stereocenters. The molecule has 1 nitrogen and oxygen atoms in total. The first-order valence-corrected chi connectivity index (χ1v) is 4.81. The second-order valence-corrected chi connectivity index (χ2v) is 4.75. The summed E-state index contributed by atoms with van der Waals surface area (Å²) >= 11 is 4.52. The van der Waals surface area contributed by atoms with Crippen LogP contribution in [0.15, 0.2) is 12.2 Å². The largest absolute Gasteiger partial charge is 0.299 e. The summed E-state index contributed by atoms with van der Waals surface area (Å²) in [6, 6.07) is 0. The van der Waals surface area contributed by atoms with E-state index in [9.17, 15) is 4.79 Å². The molecule has 1 fully saturated rings. The van der Waals surface area contributed by atoms with Gasteiger partial charge in [0.05, 0.1) is 0 Å². The van der Waals surface area contributed by atoms with Gasteiger partial charge < -0.3 is 0 Å². The van der Waals surface area contributed by atoms with E-state index in [1.807, 2.05) is 13.8 Å². The maximum atomic E-state index is 11.4. The maximum Gasteiger partial charge on any atom is 0.137 e. The molecule has 0 saturated heterocycles. The Hall–Kier alpha value is -0.240. The smallest absolute Gasteiger partial charge is 0.137 e. The van der Waals surface area contributed by atoms with Crippen molar-refractivity contribution in [2.24, 2.45) is 5.92 Å². The molecule has 12 heavy (non-hydrogen) atoms. The van der Waals surface area contributed by atoms with Crippen molar-refractivity contribution in [2.45, 2.75) is 37.9 Å². The van der Waals surface area contributed by atoms with Gasteiger partial charge in [0.2, 0.25) is 0 Å². The summed E-state index contributed by atoms with van der Waals surface area (Å²) in [5.41, 5.74) is 1.02. The van der Waals surface area contributed by atoms with Gasteiger partial charge in [-0.3, -0.25) is 4.79 Å². The Morgan fingerprint density at radius 2 is 2.33 bits per heavy atom. The first-order valence-electron chi connectivity index (χ1n) is 4.37. The molecule has 1 rings (SSSR count). The molecule has 1 aliphatic carbocycles. The number of hydrogen-bond donors (Lipinski definition) is 1. The van der Waals surface area contributed by atoms with Crippen LogP contribution in [-0.4, -0.2) is 10.5 Å². The molecular formula is C10H16OS. The summed E-state index contributed by atoms with van der Waals surface area (Å²) < 4.78 is -0.219. The van der Waals surface area contributed by atoms with E-state index in [1.54, 1.807) is 0 Å². The van der Waals surface area contributed by atoms with Crippen molar-refractivity contribution in [2.75, 3.05) is 0 Å². The quantitative estimate of drug-likeness (QED) is 0.489. The average Bonchev–Trinajstić information content (AvgIpc) is 1.97. The highest BCUT2D eigenvalue weighted by Gasteiger charge is 2.36. The van der Waals surface area contributed by atoms with Crippen LogP contribution in [0.4, 0.5) is 0 Å². The van der Waals surface area contributed by atoms with Gasteiger partial charge in [-0.1, -0.05) is 19.1 Å². The van der Waals surface area contributed by atoms with Crippen molar-refractivity contribution in [3.63, 3.8) is 0 Å². The fourth-order valence-corrected chi connectivity index (χ4v) is 1.82. The summed E-state index contributed by atoms with van der Waals surface area (Å²) in [7, 11) is 0. The fraction of sp³-hybridized carbons (Fsp3) is 0.700. The van der Waals surface area contributed by atoms with Crippen LogP contribution in [0.3, 0.4) is 0 Å². The molecule has 0 aromatic heterocycles. The molecule has 0 amide bonds. The minimum Gasteiger partial charge on any atom is -0.299 e. The zero-order valence-electron chi connectivity index (χ0n) is 7.76. The third-order valence-corrected chi connectivity index (χ3v) is 3.57.